The molecular weight excluding hydrogens is 232 g/mol. The molecule has 6 nitrogen and oxygen atoms in total. The van der Waals surface area contributed by atoms with Gasteiger partial charge in [-0.3, -0.25) is 0 Å². The van der Waals surface area contributed by atoms with Crippen molar-refractivity contribution in [2.24, 2.45) is 0 Å². The molecule has 0 aliphatic rings. The lowest BCUT2D eigenvalue weighted by Gasteiger charge is -1.93. The summed E-state index contributed by atoms with van der Waals surface area (Å²) >= 11 is 0. The minimum atomic E-state index is -0.994. The normalized spacial score (nSPS) is 10.7. The number of carboxylic acid groups (broad SMARTS) is 1. The van der Waals surface area contributed by atoms with Crippen LogP contribution in [0.25, 0.3) is 22.4 Å². The molecule has 2 heterocycles. The number of aromatic nitrogens is 4. The van der Waals surface area contributed by atoms with Crippen molar-refractivity contribution in [1.82, 2.24) is 20.2 Å². The summed E-state index contributed by atoms with van der Waals surface area (Å²) in [6.45, 7) is 0. The molecule has 0 radical (unpaired) electrons. The molecule has 0 atom stereocenters. The smallest absolute Gasteiger partial charge is 0.337 e. The van der Waals surface area contributed by atoms with Crippen LogP contribution in [-0.2, 0) is 0 Å². The third-order valence-electron chi connectivity index (χ3n) is 2.60. The predicted molar refractivity (Wildman–Crippen MR) is 64.1 cm³/mol. The van der Waals surface area contributed by atoms with Gasteiger partial charge in [-0.15, -0.1) is 0 Å². The summed E-state index contributed by atoms with van der Waals surface area (Å²) in [6, 6.07) is 6.75. The number of para-hydroxylation sites is 1. The number of nitrogens with zero attached hydrogens (tertiary/aromatic N) is 3. The largest absolute Gasteiger partial charge is 0.478 e. The third kappa shape index (κ3) is 1.60. The Morgan fingerprint density at radius 1 is 1.22 bits per heavy atom. The number of rotatable bonds is 2. The zero-order chi connectivity index (χ0) is 12.5. The van der Waals surface area contributed by atoms with Crippen LogP contribution in [0, 0.1) is 0 Å². The number of H-pyrrole nitrogens is 1. The van der Waals surface area contributed by atoms with Crippen molar-refractivity contribution in [1.29, 1.82) is 0 Å². The molecular formula is C12H8N4O2. The summed E-state index contributed by atoms with van der Waals surface area (Å²) in [5.74, 6) is -0.417. The van der Waals surface area contributed by atoms with E-state index < -0.39 is 5.97 Å². The van der Waals surface area contributed by atoms with Crippen LogP contribution >= 0.6 is 0 Å². The number of aromatic amines is 1. The number of imidazole rings is 1. The van der Waals surface area contributed by atoms with E-state index in [0.717, 1.165) is 5.56 Å². The molecule has 18 heavy (non-hydrogen) atoms. The maximum absolute atomic E-state index is 11.1. The standard InChI is InChI=1S/C12H8N4O2/c17-12(18)8-2-1-3-9-10(8)16-11(15-9)7-4-5-13-14-6-7/h1-6H,(H,15,16)(H,17,18). The fourth-order valence-electron chi connectivity index (χ4n) is 1.77. The van der Waals surface area contributed by atoms with Crippen LogP contribution in [0.4, 0.5) is 0 Å². The topological polar surface area (TPSA) is 91.8 Å². The van der Waals surface area contributed by atoms with E-state index in [0.29, 0.717) is 16.9 Å². The zero-order valence-corrected chi connectivity index (χ0v) is 9.16. The van der Waals surface area contributed by atoms with Crippen molar-refractivity contribution >= 4 is 17.0 Å². The summed E-state index contributed by atoms with van der Waals surface area (Å²) in [5, 5.41) is 16.5. The molecule has 2 aromatic heterocycles. The van der Waals surface area contributed by atoms with Gasteiger partial charge >= 0.3 is 5.97 Å². The number of fused-ring (bicyclic) bond motifs is 1. The van der Waals surface area contributed by atoms with Gasteiger partial charge in [-0.2, -0.15) is 10.2 Å². The van der Waals surface area contributed by atoms with E-state index in [2.05, 4.69) is 20.2 Å². The lowest BCUT2D eigenvalue weighted by molar-refractivity contribution is 0.0699. The Bertz CT molecular complexity index is 721. The molecule has 3 rings (SSSR count). The SMILES string of the molecule is O=C(O)c1cccc2[nH]c(-c3ccnnc3)nc12. The van der Waals surface area contributed by atoms with E-state index in [1.54, 1.807) is 30.6 Å². The number of hydrogen-bond acceptors (Lipinski definition) is 4. The molecule has 1 aromatic carbocycles. The fourth-order valence-corrected chi connectivity index (χ4v) is 1.77. The molecule has 0 spiro atoms. The van der Waals surface area contributed by atoms with Crippen molar-refractivity contribution < 1.29 is 9.90 Å². The summed E-state index contributed by atoms with van der Waals surface area (Å²) in [4.78, 5) is 18.4. The highest BCUT2D eigenvalue weighted by molar-refractivity contribution is 6.01. The van der Waals surface area contributed by atoms with Crippen LogP contribution in [-0.4, -0.2) is 31.2 Å². The first-order valence-electron chi connectivity index (χ1n) is 5.25. The van der Waals surface area contributed by atoms with Gasteiger partial charge in [-0.1, -0.05) is 6.07 Å². The van der Waals surface area contributed by atoms with Crippen molar-refractivity contribution in [3.8, 4) is 11.4 Å². The van der Waals surface area contributed by atoms with Crippen molar-refractivity contribution in [3.63, 3.8) is 0 Å². The number of hydrogen-bond donors (Lipinski definition) is 2. The number of carbonyl (C=O) groups is 1. The van der Waals surface area contributed by atoms with E-state index >= 15 is 0 Å². The zero-order valence-electron chi connectivity index (χ0n) is 9.16. The number of benzene rings is 1. The molecule has 2 N–H and O–H groups in total. The van der Waals surface area contributed by atoms with Gasteiger partial charge in [0.05, 0.1) is 23.5 Å². The molecule has 0 amide bonds. The molecule has 0 unspecified atom stereocenters. The average Bonchev–Trinajstić information content (AvgIpc) is 2.83. The van der Waals surface area contributed by atoms with Gasteiger partial charge in [0.2, 0.25) is 0 Å². The van der Waals surface area contributed by atoms with Gasteiger partial charge in [-0.25, -0.2) is 9.78 Å². The Kier molecular flexibility index (Phi) is 2.26. The van der Waals surface area contributed by atoms with E-state index in [-0.39, 0.29) is 5.56 Å². The Morgan fingerprint density at radius 3 is 2.83 bits per heavy atom. The number of aromatic carboxylic acids is 1. The van der Waals surface area contributed by atoms with Crippen LogP contribution in [0.5, 0.6) is 0 Å². The molecule has 0 saturated heterocycles. The van der Waals surface area contributed by atoms with Crippen LogP contribution < -0.4 is 0 Å². The first-order chi connectivity index (χ1) is 8.75. The van der Waals surface area contributed by atoms with Gasteiger partial charge in [-0.05, 0) is 18.2 Å². The second-order valence-corrected chi connectivity index (χ2v) is 3.72. The van der Waals surface area contributed by atoms with Crippen LogP contribution in [0.1, 0.15) is 10.4 Å². The Morgan fingerprint density at radius 2 is 2.11 bits per heavy atom. The first-order valence-corrected chi connectivity index (χ1v) is 5.25. The van der Waals surface area contributed by atoms with Gasteiger partial charge in [0.15, 0.2) is 0 Å². The molecule has 6 heteroatoms. The van der Waals surface area contributed by atoms with E-state index in [4.69, 9.17) is 5.11 Å². The number of nitrogens with one attached hydrogen (secondary N) is 1. The molecule has 0 fully saturated rings. The number of carboxylic acids is 1. The van der Waals surface area contributed by atoms with E-state index in [1.165, 1.54) is 6.07 Å². The lowest BCUT2D eigenvalue weighted by Crippen LogP contribution is -1.96. The minimum absolute atomic E-state index is 0.178. The quantitative estimate of drug-likeness (QED) is 0.711. The molecule has 0 aliphatic carbocycles. The summed E-state index contributed by atoms with van der Waals surface area (Å²) < 4.78 is 0. The van der Waals surface area contributed by atoms with Crippen LogP contribution in [0.2, 0.25) is 0 Å². The lowest BCUT2D eigenvalue weighted by atomic mass is 10.2. The van der Waals surface area contributed by atoms with Crippen molar-refractivity contribution in [2.75, 3.05) is 0 Å². The molecule has 0 bridgehead atoms. The van der Waals surface area contributed by atoms with Gasteiger partial charge < -0.3 is 10.1 Å². The van der Waals surface area contributed by atoms with Gasteiger partial charge in [0, 0.05) is 5.56 Å². The van der Waals surface area contributed by atoms with Gasteiger partial charge in [0.1, 0.15) is 11.3 Å². The summed E-state index contributed by atoms with van der Waals surface area (Å²) in [7, 11) is 0. The highest BCUT2D eigenvalue weighted by Crippen LogP contribution is 2.21. The average molecular weight is 240 g/mol. The van der Waals surface area contributed by atoms with Crippen molar-refractivity contribution in [3.05, 3.63) is 42.2 Å². The fraction of sp³-hybridized carbons (Fsp3) is 0. The minimum Gasteiger partial charge on any atom is -0.478 e. The highest BCUT2D eigenvalue weighted by atomic mass is 16.4. The molecule has 88 valence electrons. The van der Waals surface area contributed by atoms with Gasteiger partial charge in [0.25, 0.3) is 0 Å². The second kappa shape index (κ2) is 3.92. The predicted octanol–water partition coefficient (Wildman–Crippen LogP) is 1.72. The van der Waals surface area contributed by atoms with E-state index in [9.17, 15) is 4.79 Å². The highest BCUT2D eigenvalue weighted by Gasteiger charge is 2.13. The maximum Gasteiger partial charge on any atom is 0.337 e. The maximum atomic E-state index is 11.1. The monoisotopic (exact) mass is 240 g/mol. The van der Waals surface area contributed by atoms with Crippen molar-refractivity contribution in [2.45, 2.75) is 0 Å². The third-order valence-corrected chi connectivity index (χ3v) is 2.60. The first kappa shape index (κ1) is 10.4. The Hall–Kier alpha value is -2.76. The Labute approximate surface area is 101 Å². The molecule has 3 aromatic rings. The van der Waals surface area contributed by atoms with E-state index in [1.807, 2.05) is 0 Å². The summed E-state index contributed by atoms with van der Waals surface area (Å²) in [5.41, 5.74) is 2.06. The Balaban J connectivity index is 2.23. The molecule has 0 saturated carbocycles. The van der Waals surface area contributed by atoms with Crippen LogP contribution in [0.15, 0.2) is 36.7 Å². The van der Waals surface area contributed by atoms with Crippen LogP contribution in [0.3, 0.4) is 0 Å². The summed E-state index contributed by atoms with van der Waals surface area (Å²) in [6.07, 6.45) is 3.12. The molecule has 0 aliphatic heterocycles. The second-order valence-electron chi connectivity index (χ2n) is 3.72.